The average molecular weight is 292 g/mol. The van der Waals surface area contributed by atoms with Crippen molar-refractivity contribution in [1.29, 1.82) is 0 Å². The standard InChI is InChI=1S/C14H16N2O5/c1-14(9-3-5-10(21-2)6-4-9)12(19)16(13(20)15-14)8-7-11(17)18/h3-6H,7-8H2,1-2H3,(H,15,20)(H,17,18). The van der Waals surface area contributed by atoms with E-state index < -0.39 is 23.4 Å². The summed E-state index contributed by atoms with van der Waals surface area (Å²) in [6.45, 7) is 1.45. The highest BCUT2D eigenvalue weighted by molar-refractivity contribution is 6.07. The number of urea groups is 1. The summed E-state index contributed by atoms with van der Waals surface area (Å²) in [7, 11) is 1.53. The summed E-state index contributed by atoms with van der Waals surface area (Å²) in [5.74, 6) is -0.880. The molecule has 2 rings (SSSR count). The van der Waals surface area contributed by atoms with E-state index in [-0.39, 0.29) is 13.0 Å². The zero-order chi connectivity index (χ0) is 15.6. The van der Waals surface area contributed by atoms with Crippen LogP contribution in [0, 0.1) is 0 Å². The summed E-state index contributed by atoms with van der Waals surface area (Å²) in [5.41, 5.74) is -0.582. The molecule has 0 bridgehead atoms. The molecule has 2 N–H and O–H groups in total. The number of carboxylic acid groups (broad SMARTS) is 1. The average Bonchev–Trinajstić information content (AvgIpc) is 2.68. The molecule has 1 aliphatic rings. The van der Waals surface area contributed by atoms with E-state index in [2.05, 4.69) is 5.32 Å². The van der Waals surface area contributed by atoms with Gasteiger partial charge in [-0.25, -0.2) is 4.79 Å². The van der Waals surface area contributed by atoms with Gasteiger partial charge in [0.05, 0.1) is 13.5 Å². The molecular formula is C14H16N2O5. The van der Waals surface area contributed by atoms with E-state index in [4.69, 9.17) is 9.84 Å². The molecule has 3 amide bonds. The van der Waals surface area contributed by atoms with E-state index >= 15 is 0 Å². The highest BCUT2D eigenvalue weighted by atomic mass is 16.5. The van der Waals surface area contributed by atoms with Gasteiger partial charge in [-0.2, -0.15) is 0 Å². The van der Waals surface area contributed by atoms with E-state index in [0.29, 0.717) is 11.3 Å². The zero-order valence-electron chi connectivity index (χ0n) is 11.8. The van der Waals surface area contributed by atoms with E-state index in [1.54, 1.807) is 31.2 Å². The van der Waals surface area contributed by atoms with Crippen molar-refractivity contribution in [3.8, 4) is 5.75 Å². The Hall–Kier alpha value is -2.57. The van der Waals surface area contributed by atoms with Gasteiger partial charge in [-0.1, -0.05) is 12.1 Å². The predicted molar refractivity (Wildman–Crippen MR) is 72.8 cm³/mol. The van der Waals surface area contributed by atoms with Crippen molar-refractivity contribution in [1.82, 2.24) is 10.2 Å². The Morgan fingerprint density at radius 2 is 1.95 bits per heavy atom. The molecule has 0 radical (unpaired) electrons. The molecule has 0 aliphatic carbocycles. The third kappa shape index (κ3) is 2.67. The molecule has 1 fully saturated rings. The van der Waals surface area contributed by atoms with Gasteiger partial charge >= 0.3 is 12.0 Å². The van der Waals surface area contributed by atoms with E-state index in [9.17, 15) is 14.4 Å². The molecule has 7 nitrogen and oxygen atoms in total. The van der Waals surface area contributed by atoms with Gasteiger partial charge in [-0.3, -0.25) is 14.5 Å². The fourth-order valence-corrected chi connectivity index (χ4v) is 2.23. The molecular weight excluding hydrogens is 276 g/mol. The minimum Gasteiger partial charge on any atom is -0.497 e. The number of rotatable bonds is 5. The van der Waals surface area contributed by atoms with Gasteiger partial charge in [-0.15, -0.1) is 0 Å². The first-order chi connectivity index (χ1) is 9.88. The van der Waals surface area contributed by atoms with Crippen molar-refractivity contribution in [3.05, 3.63) is 29.8 Å². The van der Waals surface area contributed by atoms with Crippen molar-refractivity contribution < 1.29 is 24.2 Å². The van der Waals surface area contributed by atoms with Gasteiger partial charge in [0.25, 0.3) is 5.91 Å². The number of hydrogen-bond acceptors (Lipinski definition) is 4. The lowest BCUT2D eigenvalue weighted by molar-refractivity contribution is -0.138. The number of ether oxygens (including phenoxy) is 1. The van der Waals surface area contributed by atoms with Crippen LogP contribution in [0.1, 0.15) is 18.9 Å². The Balaban J connectivity index is 2.24. The van der Waals surface area contributed by atoms with Crippen molar-refractivity contribution in [2.45, 2.75) is 18.9 Å². The van der Waals surface area contributed by atoms with E-state index in [1.165, 1.54) is 7.11 Å². The monoisotopic (exact) mass is 292 g/mol. The number of nitrogens with zero attached hydrogens (tertiary/aromatic N) is 1. The number of imide groups is 1. The fourth-order valence-electron chi connectivity index (χ4n) is 2.23. The van der Waals surface area contributed by atoms with Gasteiger partial charge in [-0.05, 0) is 24.6 Å². The van der Waals surface area contributed by atoms with Gasteiger partial charge in [0.1, 0.15) is 11.3 Å². The summed E-state index contributed by atoms with van der Waals surface area (Å²) in [6, 6.07) is 6.19. The van der Waals surface area contributed by atoms with Gasteiger partial charge < -0.3 is 15.2 Å². The maximum absolute atomic E-state index is 12.4. The van der Waals surface area contributed by atoms with Crippen LogP contribution >= 0.6 is 0 Å². The molecule has 0 aromatic heterocycles. The first-order valence-electron chi connectivity index (χ1n) is 6.39. The highest BCUT2D eigenvalue weighted by Gasteiger charge is 2.48. The van der Waals surface area contributed by atoms with Crippen LogP contribution in [0.3, 0.4) is 0 Å². The molecule has 112 valence electrons. The minimum atomic E-state index is -1.19. The summed E-state index contributed by atoms with van der Waals surface area (Å²) < 4.78 is 5.05. The fraction of sp³-hybridized carbons (Fsp3) is 0.357. The Labute approximate surface area is 121 Å². The molecule has 1 aliphatic heterocycles. The van der Waals surface area contributed by atoms with E-state index in [0.717, 1.165) is 4.90 Å². The molecule has 1 atom stereocenters. The second kappa shape index (κ2) is 5.43. The lowest BCUT2D eigenvalue weighted by atomic mass is 9.92. The first kappa shape index (κ1) is 14.8. The van der Waals surface area contributed by atoms with Gasteiger partial charge in [0.15, 0.2) is 0 Å². The second-order valence-corrected chi connectivity index (χ2v) is 4.88. The van der Waals surface area contributed by atoms with Crippen molar-refractivity contribution in [2.24, 2.45) is 0 Å². The molecule has 1 heterocycles. The summed E-state index contributed by atoms with van der Waals surface area (Å²) in [6.07, 6.45) is -0.280. The maximum Gasteiger partial charge on any atom is 0.325 e. The molecule has 0 saturated carbocycles. The van der Waals surface area contributed by atoms with Gasteiger partial charge in [0, 0.05) is 6.54 Å². The third-order valence-corrected chi connectivity index (χ3v) is 3.49. The van der Waals surface area contributed by atoms with Crippen LogP contribution in [0.2, 0.25) is 0 Å². The molecule has 0 spiro atoms. The van der Waals surface area contributed by atoms with E-state index in [1.807, 2.05) is 0 Å². The Morgan fingerprint density at radius 1 is 1.33 bits per heavy atom. The highest BCUT2D eigenvalue weighted by Crippen LogP contribution is 2.30. The number of carboxylic acids is 1. The van der Waals surface area contributed by atoms with Crippen LogP contribution in [-0.2, 0) is 15.1 Å². The van der Waals surface area contributed by atoms with Crippen LogP contribution in [0.4, 0.5) is 4.79 Å². The van der Waals surface area contributed by atoms with Crippen LogP contribution < -0.4 is 10.1 Å². The SMILES string of the molecule is COc1ccc(C2(C)NC(=O)N(CCC(=O)O)C2=O)cc1. The number of aliphatic carboxylic acids is 1. The number of carbonyl (C=O) groups excluding carboxylic acids is 2. The first-order valence-corrected chi connectivity index (χ1v) is 6.39. The largest absolute Gasteiger partial charge is 0.497 e. The summed E-state index contributed by atoms with van der Waals surface area (Å²) in [5, 5.41) is 11.3. The number of nitrogens with one attached hydrogen (secondary N) is 1. The third-order valence-electron chi connectivity index (χ3n) is 3.49. The number of amides is 3. The van der Waals surface area contributed by atoms with Crippen LogP contribution in [0.5, 0.6) is 5.75 Å². The zero-order valence-corrected chi connectivity index (χ0v) is 11.8. The molecule has 1 aromatic carbocycles. The van der Waals surface area contributed by atoms with Crippen molar-refractivity contribution in [3.63, 3.8) is 0 Å². The number of methoxy groups -OCH3 is 1. The van der Waals surface area contributed by atoms with Crippen LogP contribution in [0.25, 0.3) is 0 Å². The predicted octanol–water partition coefficient (Wildman–Crippen LogP) is 0.937. The number of carbonyl (C=O) groups is 3. The maximum atomic E-state index is 12.4. The summed E-state index contributed by atoms with van der Waals surface area (Å²) in [4.78, 5) is 35.8. The topological polar surface area (TPSA) is 95.9 Å². The molecule has 21 heavy (non-hydrogen) atoms. The minimum absolute atomic E-state index is 0.147. The van der Waals surface area contributed by atoms with Crippen molar-refractivity contribution in [2.75, 3.05) is 13.7 Å². The van der Waals surface area contributed by atoms with Crippen LogP contribution in [0.15, 0.2) is 24.3 Å². The number of hydrogen-bond donors (Lipinski definition) is 2. The Bertz CT molecular complexity index is 584. The number of benzene rings is 1. The smallest absolute Gasteiger partial charge is 0.325 e. The second-order valence-electron chi connectivity index (χ2n) is 4.88. The molecule has 1 saturated heterocycles. The molecule has 1 unspecified atom stereocenters. The quantitative estimate of drug-likeness (QED) is 0.787. The normalized spacial score (nSPS) is 21.3. The van der Waals surface area contributed by atoms with Crippen molar-refractivity contribution >= 4 is 17.9 Å². The lowest BCUT2D eigenvalue weighted by Crippen LogP contribution is -2.41. The molecule has 7 heteroatoms. The Morgan fingerprint density at radius 3 is 2.48 bits per heavy atom. The van der Waals surface area contributed by atoms with Crippen LogP contribution in [-0.4, -0.2) is 41.6 Å². The molecule has 1 aromatic rings. The Kier molecular flexibility index (Phi) is 3.84. The lowest BCUT2D eigenvalue weighted by Gasteiger charge is -2.22. The summed E-state index contributed by atoms with van der Waals surface area (Å²) >= 11 is 0. The van der Waals surface area contributed by atoms with Gasteiger partial charge in [0.2, 0.25) is 0 Å².